The third-order valence-electron chi connectivity index (χ3n) is 5.36. The molecule has 0 amide bonds. The van der Waals surface area contributed by atoms with E-state index >= 15 is 4.39 Å². The van der Waals surface area contributed by atoms with Crippen LogP contribution in [0.3, 0.4) is 0 Å². The number of phosphoric acid groups is 1. The first-order chi connectivity index (χ1) is 15.6. The molecule has 1 fully saturated rings. The molecule has 2 aliphatic heterocycles. The van der Waals surface area contributed by atoms with Gasteiger partial charge in [0.2, 0.25) is 0 Å². The van der Waals surface area contributed by atoms with Crippen LogP contribution in [-0.4, -0.2) is 51.0 Å². The first-order valence-electron chi connectivity index (χ1n) is 10.3. The molecule has 1 unspecified atom stereocenters. The van der Waals surface area contributed by atoms with Gasteiger partial charge >= 0.3 is 7.82 Å². The van der Waals surface area contributed by atoms with E-state index in [2.05, 4.69) is 4.98 Å². The van der Waals surface area contributed by atoms with Crippen molar-refractivity contribution in [1.82, 2.24) is 9.55 Å². The molecule has 190 valence electrons. The number of aliphatic hydroxyl groups is 2. The number of alkyl halides is 1. The smallest absolute Gasteiger partial charge is 0.404 e. The number of phosphoric ester groups is 1. The number of hydrogen-bond donors (Lipinski definition) is 3. The van der Waals surface area contributed by atoms with Gasteiger partial charge < -0.3 is 19.5 Å². The molecule has 3 N–H and O–H groups in total. The molecule has 10 nitrogen and oxygen atoms in total. The molecule has 0 aliphatic carbocycles. The van der Waals surface area contributed by atoms with E-state index in [0.717, 1.165) is 16.3 Å². The summed E-state index contributed by atoms with van der Waals surface area (Å²) < 4.78 is 50.6. The second-order valence-electron chi connectivity index (χ2n) is 9.02. The van der Waals surface area contributed by atoms with E-state index in [9.17, 15) is 19.6 Å². The minimum atomic E-state index is -4.31. The summed E-state index contributed by atoms with van der Waals surface area (Å²) in [5.41, 5.74) is 0.382. The summed E-state index contributed by atoms with van der Waals surface area (Å²) in [5.74, 6) is -2.70. The molecule has 0 bridgehead atoms. The summed E-state index contributed by atoms with van der Waals surface area (Å²) in [6.07, 6.45) is -2.66. The predicted molar refractivity (Wildman–Crippen MR) is 123 cm³/mol. The summed E-state index contributed by atoms with van der Waals surface area (Å²) in [7, 11) is -4.31. The Bertz CT molecular complexity index is 1190. The predicted octanol–water partition coefficient (Wildman–Crippen LogP) is 3.91. The highest BCUT2D eigenvalue weighted by Crippen LogP contribution is 2.58. The van der Waals surface area contributed by atoms with Gasteiger partial charge in [0, 0.05) is 6.20 Å². The number of hydrogen-bond acceptors (Lipinski definition) is 9. The summed E-state index contributed by atoms with van der Waals surface area (Å²) in [6, 6.07) is 0. The van der Waals surface area contributed by atoms with Crippen molar-refractivity contribution in [2.75, 3.05) is 13.2 Å². The van der Waals surface area contributed by atoms with Crippen LogP contribution in [0.15, 0.2) is 34.0 Å². The summed E-state index contributed by atoms with van der Waals surface area (Å²) in [6.45, 7) is 8.21. The van der Waals surface area contributed by atoms with E-state index in [0.29, 0.717) is 11.3 Å². The van der Waals surface area contributed by atoms with Gasteiger partial charge in [-0.1, -0.05) is 38.4 Å². The van der Waals surface area contributed by atoms with Crippen LogP contribution in [0.25, 0.3) is 0 Å². The van der Waals surface area contributed by atoms with Crippen LogP contribution in [0, 0.1) is 10.2 Å². The van der Waals surface area contributed by atoms with Crippen molar-refractivity contribution >= 4 is 31.6 Å². The van der Waals surface area contributed by atoms with E-state index in [1.54, 1.807) is 13.8 Å². The molecule has 3 heterocycles. The average Bonchev–Trinajstić information content (AvgIpc) is 2.96. The van der Waals surface area contributed by atoms with E-state index in [1.807, 2.05) is 26.8 Å². The van der Waals surface area contributed by atoms with Crippen molar-refractivity contribution < 1.29 is 37.5 Å². The van der Waals surface area contributed by atoms with Gasteiger partial charge in [-0.3, -0.25) is 23.4 Å². The van der Waals surface area contributed by atoms with Crippen molar-refractivity contribution in [3.8, 4) is 0 Å². The fraction of sp³-hybridized carbons (Fsp3) is 0.600. The van der Waals surface area contributed by atoms with Crippen LogP contribution < -0.4 is 5.56 Å². The maximum atomic E-state index is 15.6. The highest BCUT2D eigenvalue weighted by Gasteiger charge is 2.57. The Hall–Kier alpha value is -1.37. The molecular formula is C20H27ClFN2O8PS. The summed E-state index contributed by atoms with van der Waals surface area (Å²) in [5, 5.41) is 20.4. The number of nitrogens with zero attached hydrogens (tertiary/aromatic N) is 1. The minimum Gasteiger partial charge on any atom is -0.404 e. The maximum Gasteiger partial charge on any atom is 0.530 e. The Kier molecular flexibility index (Phi) is 7.68. The van der Waals surface area contributed by atoms with Gasteiger partial charge in [0.25, 0.3) is 11.4 Å². The molecule has 1 aromatic rings. The third-order valence-corrected chi connectivity index (χ3v) is 7.24. The molecule has 0 aromatic carbocycles. The molecule has 34 heavy (non-hydrogen) atoms. The van der Waals surface area contributed by atoms with Crippen molar-refractivity contribution in [3.63, 3.8) is 0 Å². The minimum absolute atomic E-state index is 0.0843. The fourth-order valence-corrected chi connectivity index (χ4v) is 5.36. The maximum absolute atomic E-state index is 15.6. The molecular weight excluding hydrogens is 514 g/mol. The standard InChI is InChI=1S/C20H27ClFN2O8PS/c1-6-11(19(3,4)5)14-10(2)8-29-33(28,32-14)30-9-20(22)15(26)13(25)17(31-20)24-7-12(21)16(27)23-18(24)34/h6-7,13,15,17,25-26H,8-9H2,1-5H3,(H,23,27,34)/b11-6+/t13-,15+,17-,20-,33?/m1/s1. The number of halogens is 2. The Labute approximate surface area is 205 Å². The SMILES string of the molecule is C/C=C(\C1=C(C)COP(=O)(OC[C@@]2(F)O[C@@H](n3cc(Cl)c(=O)[nH]c3=S)[C@H](O)[C@@H]2O)O1)C(C)(C)C. The van der Waals surface area contributed by atoms with Crippen molar-refractivity contribution in [2.24, 2.45) is 5.41 Å². The number of ether oxygens (including phenoxy) is 1. The second-order valence-corrected chi connectivity index (χ2v) is 11.4. The lowest BCUT2D eigenvalue weighted by atomic mass is 9.84. The molecule has 1 saturated heterocycles. The topological polar surface area (TPSA) is 132 Å². The highest BCUT2D eigenvalue weighted by molar-refractivity contribution is 7.71. The first-order valence-corrected chi connectivity index (χ1v) is 12.6. The van der Waals surface area contributed by atoms with Gasteiger partial charge in [0.15, 0.2) is 11.0 Å². The van der Waals surface area contributed by atoms with Crippen molar-refractivity contribution in [1.29, 1.82) is 0 Å². The number of H-pyrrole nitrogens is 1. The zero-order chi connectivity index (χ0) is 25.6. The number of rotatable bonds is 5. The lowest BCUT2D eigenvalue weighted by molar-refractivity contribution is -0.205. The van der Waals surface area contributed by atoms with Crippen LogP contribution in [0.2, 0.25) is 5.02 Å². The Balaban J connectivity index is 1.81. The largest absolute Gasteiger partial charge is 0.530 e. The molecule has 1 aromatic heterocycles. The number of allylic oxidation sites excluding steroid dienone is 2. The van der Waals surface area contributed by atoms with E-state index < -0.39 is 44.3 Å². The van der Waals surface area contributed by atoms with Gasteiger partial charge in [-0.05, 0) is 42.6 Å². The average molecular weight is 541 g/mol. The van der Waals surface area contributed by atoms with Crippen molar-refractivity contribution in [2.45, 2.75) is 58.9 Å². The highest BCUT2D eigenvalue weighted by atomic mass is 35.5. The summed E-state index contributed by atoms with van der Waals surface area (Å²) >= 11 is 10.8. The monoisotopic (exact) mass is 540 g/mol. The number of aromatic nitrogens is 2. The van der Waals surface area contributed by atoms with Crippen LogP contribution in [0.5, 0.6) is 0 Å². The van der Waals surface area contributed by atoms with Crippen LogP contribution in [0.4, 0.5) is 4.39 Å². The van der Waals surface area contributed by atoms with Crippen LogP contribution in [0.1, 0.15) is 40.8 Å². The molecule has 0 radical (unpaired) electrons. The number of nitrogens with one attached hydrogen (secondary N) is 1. The van der Waals surface area contributed by atoms with E-state index in [4.69, 9.17) is 42.1 Å². The quantitative estimate of drug-likeness (QED) is 0.375. The molecule has 0 saturated carbocycles. The number of aromatic amines is 1. The number of aliphatic hydroxyl groups excluding tert-OH is 2. The normalized spacial score (nSPS) is 32.7. The van der Waals surface area contributed by atoms with Crippen molar-refractivity contribution in [3.05, 3.63) is 49.3 Å². The first kappa shape index (κ1) is 27.2. The Morgan fingerprint density at radius 1 is 1.50 bits per heavy atom. The zero-order valence-electron chi connectivity index (χ0n) is 19.2. The molecule has 2 aliphatic rings. The van der Waals surface area contributed by atoms with Gasteiger partial charge in [-0.25, -0.2) is 8.96 Å². The van der Waals surface area contributed by atoms with E-state index in [-0.39, 0.29) is 21.8 Å². The lowest BCUT2D eigenvalue weighted by Gasteiger charge is -2.33. The van der Waals surface area contributed by atoms with E-state index in [1.165, 1.54) is 0 Å². The molecule has 0 spiro atoms. The fourth-order valence-electron chi connectivity index (χ4n) is 3.61. The zero-order valence-corrected chi connectivity index (χ0v) is 21.7. The summed E-state index contributed by atoms with van der Waals surface area (Å²) in [4.78, 5) is 13.8. The van der Waals surface area contributed by atoms with Gasteiger partial charge in [0.05, 0.1) is 6.61 Å². The second kappa shape index (κ2) is 9.59. The Morgan fingerprint density at radius 2 is 2.15 bits per heavy atom. The van der Waals surface area contributed by atoms with Crippen LogP contribution >= 0.6 is 31.6 Å². The molecule has 14 heteroatoms. The third kappa shape index (κ3) is 5.24. The lowest BCUT2D eigenvalue weighted by Crippen LogP contribution is -2.43. The van der Waals surface area contributed by atoms with Gasteiger partial charge in [0.1, 0.15) is 29.6 Å². The molecule has 5 atom stereocenters. The van der Waals surface area contributed by atoms with Crippen LogP contribution in [-0.2, 0) is 22.9 Å². The molecule has 3 rings (SSSR count). The Morgan fingerprint density at radius 3 is 2.74 bits per heavy atom. The van der Waals surface area contributed by atoms with Gasteiger partial charge in [-0.15, -0.1) is 0 Å². The van der Waals surface area contributed by atoms with Gasteiger partial charge in [-0.2, -0.15) is 0 Å².